The largest absolute Gasteiger partial charge is 0.792 e. The van der Waals surface area contributed by atoms with E-state index in [-0.39, 0.29) is 6.16 Å². The summed E-state index contributed by atoms with van der Waals surface area (Å²) in [7, 11) is 0. The molecule has 2 nitrogen and oxygen atoms in total. The van der Waals surface area contributed by atoms with Crippen LogP contribution in [0.2, 0.25) is 0 Å². The minimum Gasteiger partial charge on any atom is -0.792 e. The summed E-state index contributed by atoms with van der Waals surface area (Å²) < 4.78 is 10.6. The van der Waals surface area contributed by atoms with Gasteiger partial charge in [0, 0.05) is 0 Å². The molecule has 0 aromatic carbocycles. The highest BCUT2D eigenvalue weighted by atomic mass is 32.7. The van der Waals surface area contributed by atoms with E-state index in [9.17, 15) is 9.46 Å². The first-order valence-corrected chi connectivity index (χ1v) is 5.97. The van der Waals surface area contributed by atoms with E-state index in [1.807, 2.05) is 6.92 Å². The van der Waals surface area contributed by atoms with Crippen LogP contribution in [0.1, 0.15) is 13.8 Å². The maximum Gasteiger partial charge on any atom is 0.0679 e. The van der Waals surface area contributed by atoms with Crippen molar-refractivity contribution in [1.82, 2.24) is 0 Å². The Bertz CT molecular complexity index is 104. The topological polar surface area (TPSA) is 40.1 Å². The van der Waals surface area contributed by atoms with Gasteiger partial charge in [-0.05, 0) is 11.9 Å². The van der Waals surface area contributed by atoms with Crippen LogP contribution >= 0.6 is 18.0 Å². The molecule has 1 atom stereocenters. The monoisotopic (exact) mass is 153 g/mol. The second kappa shape index (κ2) is 3.54. The van der Waals surface area contributed by atoms with Crippen LogP contribution in [-0.4, -0.2) is 11.9 Å². The van der Waals surface area contributed by atoms with E-state index in [0.29, 0.717) is 5.75 Å². The lowest BCUT2D eigenvalue weighted by atomic mass is 11.0. The zero-order chi connectivity index (χ0) is 6.62. The van der Waals surface area contributed by atoms with Crippen LogP contribution in [0.4, 0.5) is 0 Å². The summed E-state index contributed by atoms with van der Waals surface area (Å²) in [6.07, 6.45) is 0.269. The Balaban J connectivity index is 3.55. The Morgan fingerprint density at radius 1 is 1.62 bits per heavy atom. The molecule has 0 heterocycles. The van der Waals surface area contributed by atoms with Gasteiger partial charge in [0.15, 0.2) is 0 Å². The van der Waals surface area contributed by atoms with E-state index >= 15 is 0 Å². The summed E-state index contributed by atoms with van der Waals surface area (Å²) in [5, 5.41) is 0. The molecule has 1 unspecified atom stereocenters. The molecule has 0 aromatic heterocycles. The molecule has 0 fully saturated rings. The van der Waals surface area contributed by atoms with Crippen molar-refractivity contribution in [3.63, 3.8) is 0 Å². The third-order valence-electron chi connectivity index (χ3n) is 0.713. The quantitative estimate of drug-likeness (QED) is 0.574. The second-order valence-corrected chi connectivity index (χ2v) is 6.48. The maximum atomic E-state index is 10.6. The van der Waals surface area contributed by atoms with Gasteiger partial charge in [-0.15, -0.1) is 11.4 Å². The molecule has 8 heavy (non-hydrogen) atoms. The fraction of sp³-hybridized carbons (Fsp3) is 1.00. The van der Waals surface area contributed by atoms with Crippen LogP contribution < -0.4 is 4.89 Å². The molecule has 0 aliphatic rings. The van der Waals surface area contributed by atoms with Gasteiger partial charge >= 0.3 is 0 Å². The van der Waals surface area contributed by atoms with Crippen molar-refractivity contribution in [2.24, 2.45) is 0 Å². The Labute approximate surface area is 53.9 Å². The minimum absolute atomic E-state index is 0.269. The van der Waals surface area contributed by atoms with Crippen LogP contribution in [0.5, 0.6) is 0 Å². The summed E-state index contributed by atoms with van der Waals surface area (Å²) >= 11 is 1.03. The molecule has 50 valence electrons. The van der Waals surface area contributed by atoms with Crippen LogP contribution in [0.3, 0.4) is 0 Å². The average Bonchev–Trinajstić information content (AvgIpc) is 1.67. The zero-order valence-electron chi connectivity index (χ0n) is 5.09. The molecule has 0 spiro atoms. The Morgan fingerprint density at radius 3 is 2.25 bits per heavy atom. The van der Waals surface area contributed by atoms with Gasteiger partial charge < -0.3 is 9.46 Å². The molecule has 0 saturated carbocycles. The van der Waals surface area contributed by atoms with Gasteiger partial charge in [-0.1, -0.05) is 13.8 Å². The highest BCUT2D eigenvalue weighted by molar-refractivity contribution is 8.55. The number of hydrogen-bond donors (Lipinski definition) is 0. The van der Waals surface area contributed by atoms with Crippen molar-refractivity contribution in [1.29, 1.82) is 0 Å². The first-order chi connectivity index (χ1) is 3.62. The van der Waals surface area contributed by atoms with Crippen LogP contribution in [0.25, 0.3) is 0 Å². The number of rotatable bonds is 3. The van der Waals surface area contributed by atoms with Crippen LogP contribution in [-0.2, 0) is 4.57 Å². The lowest BCUT2D eigenvalue weighted by Gasteiger charge is -2.18. The van der Waals surface area contributed by atoms with E-state index in [1.165, 1.54) is 0 Å². The van der Waals surface area contributed by atoms with Gasteiger partial charge in [0.2, 0.25) is 0 Å². The fourth-order valence-electron chi connectivity index (χ4n) is 0.288. The van der Waals surface area contributed by atoms with Crippen molar-refractivity contribution in [2.75, 3.05) is 11.9 Å². The third-order valence-corrected chi connectivity index (χ3v) is 4.87. The zero-order valence-corrected chi connectivity index (χ0v) is 6.80. The normalized spacial score (nSPS) is 17.9. The first-order valence-electron chi connectivity index (χ1n) is 2.57. The predicted octanol–water partition coefficient (Wildman–Crippen LogP) is 1.31. The minimum atomic E-state index is -3.01. The van der Waals surface area contributed by atoms with Gasteiger partial charge in [-0.2, -0.15) is 0 Å². The molecule has 0 N–H and O–H groups in total. The fourth-order valence-corrected chi connectivity index (χ4v) is 2.59. The van der Waals surface area contributed by atoms with Crippen molar-refractivity contribution >= 4 is 18.0 Å². The predicted molar refractivity (Wildman–Crippen MR) is 36.3 cm³/mol. The molecule has 0 aliphatic heterocycles. The summed E-state index contributed by atoms with van der Waals surface area (Å²) in [5.74, 6) is 0.661. The van der Waals surface area contributed by atoms with Crippen LogP contribution in [0.15, 0.2) is 0 Å². The Kier molecular flexibility index (Phi) is 3.78. The van der Waals surface area contributed by atoms with Gasteiger partial charge in [0.25, 0.3) is 0 Å². The van der Waals surface area contributed by atoms with E-state index in [1.54, 1.807) is 6.92 Å². The van der Waals surface area contributed by atoms with Gasteiger partial charge in [0.05, 0.1) is 6.57 Å². The molecular weight excluding hydrogens is 143 g/mol. The third kappa shape index (κ3) is 3.53. The summed E-state index contributed by atoms with van der Waals surface area (Å²) in [6.45, 7) is 0.495. The highest BCUT2D eigenvalue weighted by Crippen LogP contribution is 2.49. The first kappa shape index (κ1) is 8.54. The SMILES string of the molecule is CCSP(=O)([O-])CC. The lowest BCUT2D eigenvalue weighted by Crippen LogP contribution is -1.98. The van der Waals surface area contributed by atoms with Gasteiger partial charge in [0.1, 0.15) is 0 Å². The molecule has 4 heteroatoms. The van der Waals surface area contributed by atoms with E-state index in [2.05, 4.69) is 0 Å². The second-order valence-electron chi connectivity index (χ2n) is 1.34. The van der Waals surface area contributed by atoms with E-state index < -0.39 is 6.57 Å². The molecule has 0 saturated heterocycles. The molecule has 0 bridgehead atoms. The molecule has 0 aliphatic carbocycles. The summed E-state index contributed by atoms with van der Waals surface area (Å²) in [4.78, 5) is 10.6. The van der Waals surface area contributed by atoms with Crippen molar-refractivity contribution in [2.45, 2.75) is 13.8 Å². The van der Waals surface area contributed by atoms with E-state index in [4.69, 9.17) is 0 Å². The number of hydrogen-bond acceptors (Lipinski definition) is 3. The van der Waals surface area contributed by atoms with Crippen LogP contribution in [0, 0.1) is 0 Å². The smallest absolute Gasteiger partial charge is 0.0679 e. The molecular formula is C4H10O2PS-. The van der Waals surface area contributed by atoms with E-state index in [0.717, 1.165) is 11.4 Å². The standard InChI is InChI=1S/C4H11O2PS/c1-3-7(5,6)8-4-2/h3-4H2,1-2H3,(H,5,6)/p-1. The van der Waals surface area contributed by atoms with Crippen molar-refractivity contribution in [3.05, 3.63) is 0 Å². The van der Waals surface area contributed by atoms with Gasteiger partial charge in [-0.25, -0.2) is 0 Å². The highest BCUT2D eigenvalue weighted by Gasteiger charge is 2.00. The molecule has 0 aromatic rings. The molecule has 0 radical (unpaired) electrons. The van der Waals surface area contributed by atoms with Gasteiger partial charge in [-0.3, -0.25) is 0 Å². The lowest BCUT2D eigenvalue weighted by molar-refractivity contribution is -0.167. The Morgan fingerprint density at radius 2 is 2.12 bits per heavy atom. The van der Waals surface area contributed by atoms with Crippen molar-refractivity contribution in [3.8, 4) is 0 Å². The average molecular weight is 153 g/mol. The maximum absolute atomic E-state index is 10.6. The van der Waals surface area contributed by atoms with Crippen molar-refractivity contribution < 1.29 is 9.46 Å². The Hall–Kier alpha value is 0.540. The summed E-state index contributed by atoms with van der Waals surface area (Å²) in [6, 6.07) is 0. The molecule has 0 rings (SSSR count). The molecule has 0 amide bonds. The summed E-state index contributed by atoms with van der Waals surface area (Å²) in [5.41, 5.74) is 0.